The maximum absolute atomic E-state index is 13.1. The summed E-state index contributed by atoms with van der Waals surface area (Å²) >= 11 is 0. The topological polar surface area (TPSA) is 98.1 Å². The monoisotopic (exact) mass is 408 g/mol. The molecule has 8 nitrogen and oxygen atoms in total. The van der Waals surface area contributed by atoms with E-state index >= 15 is 0 Å². The van der Waals surface area contributed by atoms with Gasteiger partial charge in [0, 0.05) is 11.1 Å². The van der Waals surface area contributed by atoms with Crippen molar-refractivity contribution in [3.05, 3.63) is 70.5 Å². The number of nitrogens with zero attached hydrogens (tertiary/aromatic N) is 2. The Bertz CT molecular complexity index is 1170. The molecule has 0 radical (unpaired) electrons. The number of rotatable bonds is 5. The fourth-order valence-corrected chi connectivity index (χ4v) is 3.60. The number of esters is 1. The zero-order valence-electron chi connectivity index (χ0n) is 16.3. The van der Waals surface area contributed by atoms with Crippen LogP contribution >= 0.6 is 0 Å². The molecule has 4 rings (SSSR count). The summed E-state index contributed by atoms with van der Waals surface area (Å²) in [5.74, 6) is -1.31. The fraction of sp³-hybridized carbons (Fsp3) is 0.227. The number of aromatic nitrogens is 1. The van der Waals surface area contributed by atoms with Gasteiger partial charge in [-0.25, -0.2) is 9.59 Å². The van der Waals surface area contributed by atoms with Gasteiger partial charge in [0.05, 0.1) is 25.2 Å². The zero-order chi connectivity index (χ0) is 21.3. The minimum Gasteiger partial charge on any atom is -0.506 e. The third-order valence-electron chi connectivity index (χ3n) is 4.95. The number of ether oxygens (including phenoxy) is 2. The van der Waals surface area contributed by atoms with Gasteiger partial charge in [-0.15, -0.1) is 0 Å². The molecule has 1 aromatic heterocycles. The van der Waals surface area contributed by atoms with E-state index in [4.69, 9.17) is 9.47 Å². The van der Waals surface area contributed by atoms with E-state index in [0.29, 0.717) is 16.6 Å². The molecule has 0 spiro atoms. The molecule has 2 aromatic carbocycles. The molecule has 1 saturated heterocycles. The van der Waals surface area contributed by atoms with Crippen LogP contribution in [-0.4, -0.2) is 41.0 Å². The van der Waals surface area contributed by atoms with Crippen LogP contribution in [0.5, 0.6) is 5.75 Å². The number of hydrogen-bond acceptors (Lipinski definition) is 6. The van der Waals surface area contributed by atoms with Crippen LogP contribution in [0.2, 0.25) is 0 Å². The summed E-state index contributed by atoms with van der Waals surface area (Å²) in [4.78, 5) is 39.2. The number of fused-ring (bicyclic) bond motifs is 1. The minimum absolute atomic E-state index is 0.0289. The summed E-state index contributed by atoms with van der Waals surface area (Å²) in [6.07, 6.45) is -1.12. The molecule has 1 amide bonds. The first-order valence-corrected chi connectivity index (χ1v) is 9.56. The summed E-state index contributed by atoms with van der Waals surface area (Å²) < 4.78 is 11.8. The number of anilines is 1. The normalized spacial score (nSPS) is 16.0. The van der Waals surface area contributed by atoms with Crippen molar-refractivity contribution in [1.82, 2.24) is 4.57 Å². The molecular formula is C22H20N2O6. The van der Waals surface area contributed by atoms with Crippen LogP contribution in [0, 0.1) is 0 Å². The van der Waals surface area contributed by atoms with Crippen LogP contribution in [0.1, 0.15) is 17.3 Å². The number of amides is 1. The van der Waals surface area contributed by atoms with E-state index in [9.17, 15) is 19.5 Å². The predicted octanol–water partition coefficient (Wildman–Crippen LogP) is 2.91. The Hall–Kier alpha value is -3.81. The van der Waals surface area contributed by atoms with E-state index in [2.05, 4.69) is 0 Å². The van der Waals surface area contributed by atoms with Crippen molar-refractivity contribution in [2.45, 2.75) is 19.6 Å². The summed E-state index contributed by atoms with van der Waals surface area (Å²) in [7, 11) is 0. The summed E-state index contributed by atoms with van der Waals surface area (Å²) in [5.41, 5.74) is 0.000955. The van der Waals surface area contributed by atoms with Crippen molar-refractivity contribution in [3.63, 3.8) is 0 Å². The van der Waals surface area contributed by atoms with Gasteiger partial charge in [-0.05, 0) is 31.2 Å². The first-order valence-electron chi connectivity index (χ1n) is 9.56. The third kappa shape index (κ3) is 3.36. The first kappa shape index (κ1) is 19.5. The van der Waals surface area contributed by atoms with Gasteiger partial charge < -0.3 is 19.1 Å². The van der Waals surface area contributed by atoms with Gasteiger partial charge in [0.25, 0.3) is 5.56 Å². The Morgan fingerprint density at radius 1 is 1.13 bits per heavy atom. The van der Waals surface area contributed by atoms with Crippen LogP contribution in [-0.2, 0) is 16.0 Å². The quantitative estimate of drug-likeness (QED) is 0.652. The number of carbonyl (C=O) groups excluding carboxylic acids is 2. The number of aromatic hydroxyl groups is 1. The smallest absolute Gasteiger partial charge is 0.414 e. The lowest BCUT2D eigenvalue weighted by atomic mass is 10.1. The number of benzene rings is 2. The molecule has 8 heteroatoms. The lowest BCUT2D eigenvalue weighted by Gasteiger charge is -2.17. The molecule has 0 aliphatic carbocycles. The Morgan fingerprint density at radius 3 is 2.57 bits per heavy atom. The zero-order valence-corrected chi connectivity index (χ0v) is 16.3. The van der Waals surface area contributed by atoms with Crippen molar-refractivity contribution in [2.75, 3.05) is 18.1 Å². The molecule has 1 fully saturated rings. The van der Waals surface area contributed by atoms with E-state index < -0.39 is 35.0 Å². The standard InChI is InChI=1S/C22H20N2O6/c1-2-29-21(27)18-19(25)16-10-6-7-11-17(16)24(20(18)26)13-15-12-23(22(28)30-15)14-8-4-3-5-9-14/h3-11,15,25H,2,12-13H2,1H3/t15-/m1/s1. The molecule has 1 atom stereocenters. The SMILES string of the molecule is CCOC(=O)c1c(O)c2ccccc2n(C[C@H]2CN(c3ccccc3)C(=O)O2)c1=O. The van der Waals surface area contributed by atoms with Crippen LogP contribution < -0.4 is 10.5 Å². The number of cyclic esters (lactones) is 1. The molecule has 1 N–H and O–H groups in total. The molecule has 3 aromatic rings. The van der Waals surface area contributed by atoms with Crippen LogP contribution in [0.4, 0.5) is 10.5 Å². The van der Waals surface area contributed by atoms with Crippen LogP contribution in [0.15, 0.2) is 59.4 Å². The van der Waals surface area contributed by atoms with Gasteiger partial charge in [0.15, 0.2) is 5.56 Å². The second kappa shape index (κ2) is 7.90. The second-order valence-electron chi connectivity index (χ2n) is 6.83. The Kier molecular flexibility index (Phi) is 5.14. The van der Waals surface area contributed by atoms with Gasteiger partial charge in [0.1, 0.15) is 11.9 Å². The highest BCUT2D eigenvalue weighted by Gasteiger charge is 2.34. The molecule has 30 heavy (non-hydrogen) atoms. The Balaban J connectivity index is 1.73. The minimum atomic E-state index is -0.895. The lowest BCUT2D eigenvalue weighted by molar-refractivity contribution is 0.0519. The van der Waals surface area contributed by atoms with Gasteiger partial charge in [-0.2, -0.15) is 0 Å². The number of hydrogen-bond donors (Lipinski definition) is 1. The largest absolute Gasteiger partial charge is 0.506 e. The van der Waals surface area contributed by atoms with Crippen molar-refractivity contribution in [1.29, 1.82) is 0 Å². The summed E-state index contributed by atoms with van der Waals surface area (Å²) in [5, 5.41) is 10.9. The van der Waals surface area contributed by atoms with Crippen molar-refractivity contribution in [3.8, 4) is 5.75 Å². The van der Waals surface area contributed by atoms with Gasteiger partial charge in [-0.3, -0.25) is 9.69 Å². The fourth-order valence-electron chi connectivity index (χ4n) is 3.60. The van der Waals surface area contributed by atoms with Crippen molar-refractivity contribution >= 4 is 28.7 Å². The van der Waals surface area contributed by atoms with E-state index in [1.54, 1.807) is 43.3 Å². The lowest BCUT2D eigenvalue weighted by Crippen LogP contribution is -2.33. The first-order chi connectivity index (χ1) is 14.5. The second-order valence-corrected chi connectivity index (χ2v) is 6.83. The van der Waals surface area contributed by atoms with Gasteiger partial charge in [-0.1, -0.05) is 30.3 Å². The maximum atomic E-state index is 13.1. The Morgan fingerprint density at radius 2 is 1.83 bits per heavy atom. The average Bonchev–Trinajstić information content (AvgIpc) is 3.12. The van der Waals surface area contributed by atoms with E-state index in [1.165, 1.54) is 9.47 Å². The van der Waals surface area contributed by atoms with Crippen LogP contribution in [0.3, 0.4) is 0 Å². The molecule has 1 aliphatic rings. The maximum Gasteiger partial charge on any atom is 0.414 e. The average molecular weight is 408 g/mol. The Labute approximate surface area is 171 Å². The molecule has 0 unspecified atom stereocenters. The molecular weight excluding hydrogens is 388 g/mol. The van der Waals surface area contributed by atoms with E-state index in [1.807, 2.05) is 18.2 Å². The highest BCUT2D eigenvalue weighted by molar-refractivity contribution is 5.99. The number of carbonyl (C=O) groups is 2. The molecule has 0 bridgehead atoms. The summed E-state index contributed by atoms with van der Waals surface area (Å²) in [6.45, 7) is 1.96. The molecule has 0 saturated carbocycles. The number of pyridine rings is 1. The number of para-hydroxylation sites is 2. The third-order valence-corrected chi connectivity index (χ3v) is 4.95. The molecule has 154 valence electrons. The molecule has 2 heterocycles. The van der Waals surface area contributed by atoms with Crippen molar-refractivity contribution in [2.24, 2.45) is 0 Å². The highest BCUT2D eigenvalue weighted by atomic mass is 16.6. The van der Waals surface area contributed by atoms with Crippen LogP contribution in [0.25, 0.3) is 10.9 Å². The van der Waals surface area contributed by atoms with Gasteiger partial charge >= 0.3 is 12.1 Å². The van der Waals surface area contributed by atoms with Gasteiger partial charge in [0.2, 0.25) is 0 Å². The summed E-state index contributed by atoms with van der Waals surface area (Å²) in [6, 6.07) is 15.8. The predicted molar refractivity (Wildman–Crippen MR) is 110 cm³/mol. The van der Waals surface area contributed by atoms with E-state index in [0.717, 1.165) is 0 Å². The molecule has 1 aliphatic heterocycles. The highest BCUT2D eigenvalue weighted by Crippen LogP contribution is 2.28. The van der Waals surface area contributed by atoms with Crippen molar-refractivity contribution < 1.29 is 24.2 Å². The van der Waals surface area contributed by atoms with E-state index in [-0.39, 0.29) is 19.7 Å².